The average Bonchev–Trinajstić information content (AvgIpc) is 3.30. The van der Waals surface area contributed by atoms with Crippen LogP contribution in [0.1, 0.15) is 36.6 Å². The Morgan fingerprint density at radius 2 is 2.10 bits per heavy atom. The molecule has 0 amide bonds. The van der Waals surface area contributed by atoms with Crippen molar-refractivity contribution in [2.24, 2.45) is 0 Å². The van der Waals surface area contributed by atoms with Gasteiger partial charge in [-0.2, -0.15) is 0 Å². The number of nitrogens with two attached hydrogens (primary N) is 1. The molecule has 0 unspecified atom stereocenters. The number of aromatic nitrogens is 2. The number of aryl methyl sites for hydroxylation is 1. The average molecular weight is 267 g/mol. The first-order valence-electron chi connectivity index (χ1n) is 7.21. The molecule has 1 fully saturated rings. The Bertz CT molecular complexity index is 665. The van der Waals surface area contributed by atoms with Crippen molar-refractivity contribution in [1.82, 2.24) is 9.97 Å². The second-order valence-electron chi connectivity index (χ2n) is 5.56. The number of fused-ring (bicyclic) bond motifs is 1. The summed E-state index contributed by atoms with van der Waals surface area (Å²) in [5.41, 5.74) is 9.14. The summed E-state index contributed by atoms with van der Waals surface area (Å²) >= 11 is 0. The lowest BCUT2D eigenvalue weighted by Crippen LogP contribution is -2.10. The molecule has 20 heavy (non-hydrogen) atoms. The van der Waals surface area contributed by atoms with Gasteiger partial charge < -0.3 is 10.5 Å². The molecule has 1 saturated carbocycles. The maximum absolute atomic E-state index is 5.95. The Morgan fingerprint density at radius 3 is 2.95 bits per heavy atom. The number of anilines is 1. The van der Waals surface area contributed by atoms with E-state index in [1.165, 1.54) is 18.4 Å². The van der Waals surface area contributed by atoms with Crippen LogP contribution in [0.5, 0.6) is 5.75 Å². The maximum Gasteiger partial charge on any atom is 0.134 e. The molecule has 0 atom stereocenters. The molecule has 4 heteroatoms. The third kappa shape index (κ3) is 2.01. The van der Waals surface area contributed by atoms with Gasteiger partial charge >= 0.3 is 0 Å². The maximum atomic E-state index is 5.95. The fraction of sp³-hybridized carbons (Fsp3) is 0.375. The topological polar surface area (TPSA) is 61.0 Å². The van der Waals surface area contributed by atoms with Gasteiger partial charge in [0.25, 0.3) is 0 Å². The molecule has 2 heterocycles. The Morgan fingerprint density at radius 1 is 1.20 bits per heavy atom. The van der Waals surface area contributed by atoms with Crippen LogP contribution in [-0.4, -0.2) is 16.6 Å². The molecule has 2 aliphatic rings. The van der Waals surface area contributed by atoms with E-state index in [4.69, 9.17) is 15.5 Å². The monoisotopic (exact) mass is 267 g/mol. The van der Waals surface area contributed by atoms with Crippen LogP contribution in [0.3, 0.4) is 0 Å². The second-order valence-corrected chi connectivity index (χ2v) is 5.56. The molecule has 4 rings (SSSR count). The van der Waals surface area contributed by atoms with Crippen molar-refractivity contribution in [3.05, 3.63) is 35.7 Å². The summed E-state index contributed by atoms with van der Waals surface area (Å²) in [7, 11) is 0. The predicted octanol–water partition coefficient (Wildman–Crippen LogP) is 2.93. The molecule has 1 aromatic carbocycles. The SMILES string of the molecule is Nc1cc(-c2cccc3c2OCCC3)nc(C2CC2)n1. The van der Waals surface area contributed by atoms with Gasteiger partial charge in [0, 0.05) is 17.5 Å². The third-order valence-electron chi connectivity index (χ3n) is 3.92. The van der Waals surface area contributed by atoms with Crippen LogP contribution in [0.2, 0.25) is 0 Å². The van der Waals surface area contributed by atoms with E-state index in [1.54, 1.807) is 0 Å². The van der Waals surface area contributed by atoms with E-state index < -0.39 is 0 Å². The molecule has 2 N–H and O–H groups in total. The lowest BCUT2D eigenvalue weighted by molar-refractivity contribution is 0.289. The Kier molecular flexibility index (Phi) is 2.62. The largest absolute Gasteiger partial charge is 0.493 e. The summed E-state index contributed by atoms with van der Waals surface area (Å²) in [6.07, 6.45) is 4.49. The minimum absolute atomic E-state index is 0.498. The molecule has 1 aliphatic carbocycles. The van der Waals surface area contributed by atoms with Crippen molar-refractivity contribution >= 4 is 5.82 Å². The van der Waals surface area contributed by atoms with E-state index >= 15 is 0 Å². The summed E-state index contributed by atoms with van der Waals surface area (Å²) in [6.45, 7) is 0.778. The van der Waals surface area contributed by atoms with E-state index in [1.807, 2.05) is 6.07 Å². The summed E-state index contributed by atoms with van der Waals surface area (Å²) < 4.78 is 5.86. The Labute approximate surface area is 118 Å². The van der Waals surface area contributed by atoms with Crippen LogP contribution >= 0.6 is 0 Å². The second kappa shape index (κ2) is 4.47. The first kappa shape index (κ1) is 11.7. The number of hydrogen-bond acceptors (Lipinski definition) is 4. The normalized spacial score (nSPS) is 17.4. The van der Waals surface area contributed by atoms with Gasteiger partial charge in [0.05, 0.1) is 12.3 Å². The van der Waals surface area contributed by atoms with Crippen molar-refractivity contribution < 1.29 is 4.74 Å². The smallest absolute Gasteiger partial charge is 0.134 e. The molecule has 0 spiro atoms. The van der Waals surface area contributed by atoms with Gasteiger partial charge in [0.1, 0.15) is 17.4 Å². The van der Waals surface area contributed by atoms with E-state index in [-0.39, 0.29) is 0 Å². The molecule has 2 aromatic rings. The zero-order valence-electron chi connectivity index (χ0n) is 11.3. The number of nitrogens with zero attached hydrogens (tertiary/aromatic N) is 2. The van der Waals surface area contributed by atoms with Crippen molar-refractivity contribution in [2.45, 2.75) is 31.6 Å². The highest BCUT2D eigenvalue weighted by atomic mass is 16.5. The summed E-state index contributed by atoms with van der Waals surface area (Å²) in [5, 5.41) is 0. The standard InChI is InChI=1S/C16H17N3O/c17-14-9-13(18-16(19-14)11-6-7-11)12-5-1-3-10-4-2-8-20-15(10)12/h1,3,5,9,11H,2,4,6-8H2,(H2,17,18,19). The molecule has 1 aromatic heterocycles. The van der Waals surface area contributed by atoms with Crippen molar-refractivity contribution in [2.75, 3.05) is 12.3 Å². The van der Waals surface area contributed by atoms with Gasteiger partial charge in [-0.1, -0.05) is 12.1 Å². The van der Waals surface area contributed by atoms with Gasteiger partial charge in [0.15, 0.2) is 0 Å². The molecule has 0 bridgehead atoms. The van der Waals surface area contributed by atoms with Gasteiger partial charge in [-0.15, -0.1) is 0 Å². The van der Waals surface area contributed by atoms with E-state index in [0.717, 1.165) is 42.3 Å². The lowest BCUT2D eigenvalue weighted by Gasteiger charge is -2.20. The summed E-state index contributed by atoms with van der Waals surface area (Å²) in [5.74, 6) is 2.90. The van der Waals surface area contributed by atoms with Crippen LogP contribution in [0, 0.1) is 0 Å². The number of ether oxygens (including phenoxy) is 1. The van der Waals surface area contributed by atoms with Crippen LogP contribution in [0.4, 0.5) is 5.82 Å². The van der Waals surface area contributed by atoms with Crippen LogP contribution in [0.25, 0.3) is 11.3 Å². The summed E-state index contributed by atoms with van der Waals surface area (Å²) in [4.78, 5) is 9.06. The fourth-order valence-electron chi connectivity index (χ4n) is 2.74. The van der Waals surface area contributed by atoms with Gasteiger partial charge in [-0.25, -0.2) is 9.97 Å². The Hall–Kier alpha value is -2.10. The zero-order chi connectivity index (χ0) is 13.5. The highest BCUT2D eigenvalue weighted by molar-refractivity contribution is 5.71. The van der Waals surface area contributed by atoms with Gasteiger partial charge in [-0.3, -0.25) is 0 Å². The fourth-order valence-corrected chi connectivity index (χ4v) is 2.74. The minimum Gasteiger partial charge on any atom is -0.493 e. The van der Waals surface area contributed by atoms with Gasteiger partial charge in [0.2, 0.25) is 0 Å². The number of nitrogen functional groups attached to an aromatic ring is 1. The van der Waals surface area contributed by atoms with Crippen molar-refractivity contribution in [3.63, 3.8) is 0 Å². The molecular formula is C16H17N3O. The lowest BCUT2D eigenvalue weighted by atomic mass is 10.0. The molecule has 0 radical (unpaired) electrons. The molecule has 0 saturated heterocycles. The van der Waals surface area contributed by atoms with Crippen LogP contribution < -0.4 is 10.5 Å². The van der Waals surface area contributed by atoms with Crippen LogP contribution in [0.15, 0.2) is 24.3 Å². The number of hydrogen-bond donors (Lipinski definition) is 1. The Balaban J connectivity index is 1.84. The van der Waals surface area contributed by atoms with E-state index in [2.05, 4.69) is 23.2 Å². The highest BCUT2D eigenvalue weighted by Gasteiger charge is 2.27. The van der Waals surface area contributed by atoms with Crippen molar-refractivity contribution in [3.8, 4) is 17.0 Å². The molecule has 4 nitrogen and oxygen atoms in total. The summed E-state index contributed by atoms with van der Waals surface area (Å²) in [6, 6.07) is 8.10. The first-order chi connectivity index (χ1) is 9.81. The molecular weight excluding hydrogens is 250 g/mol. The zero-order valence-corrected chi connectivity index (χ0v) is 11.3. The first-order valence-corrected chi connectivity index (χ1v) is 7.21. The van der Waals surface area contributed by atoms with Gasteiger partial charge in [-0.05, 0) is 37.3 Å². The third-order valence-corrected chi connectivity index (χ3v) is 3.92. The van der Waals surface area contributed by atoms with E-state index in [0.29, 0.717) is 11.7 Å². The minimum atomic E-state index is 0.498. The van der Waals surface area contributed by atoms with E-state index in [9.17, 15) is 0 Å². The predicted molar refractivity (Wildman–Crippen MR) is 77.7 cm³/mol. The quantitative estimate of drug-likeness (QED) is 0.908. The molecule has 1 aliphatic heterocycles. The number of rotatable bonds is 2. The van der Waals surface area contributed by atoms with Crippen LogP contribution in [-0.2, 0) is 6.42 Å². The highest BCUT2D eigenvalue weighted by Crippen LogP contribution is 2.40. The molecule has 102 valence electrons. The number of benzene rings is 1. The van der Waals surface area contributed by atoms with Crippen molar-refractivity contribution in [1.29, 1.82) is 0 Å². The number of para-hydroxylation sites is 1.